The molecule has 0 aliphatic heterocycles. The molecule has 0 unspecified atom stereocenters. The van der Waals surface area contributed by atoms with Crippen LogP contribution < -0.4 is 5.73 Å². The van der Waals surface area contributed by atoms with Crippen LogP contribution in [0.15, 0.2) is 24.3 Å². The first-order valence-electron chi connectivity index (χ1n) is 6.62. The first-order chi connectivity index (χ1) is 9.00. The van der Waals surface area contributed by atoms with Gasteiger partial charge < -0.3 is 10.7 Å². The predicted octanol–water partition coefficient (Wildman–Crippen LogP) is 3.50. The third-order valence-electron chi connectivity index (χ3n) is 3.72. The number of hydrogen-bond donors (Lipinski definition) is 2. The fraction of sp³-hybridized carbons (Fsp3) is 0.400. The SMILES string of the molecule is CCC(N)(CC)c1nc(-c2cccc(F)c2)c(C)[nH]1. The highest BCUT2D eigenvalue weighted by atomic mass is 19.1. The van der Waals surface area contributed by atoms with Crippen LogP contribution in [0.5, 0.6) is 0 Å². The zero-order valence-corrected chi connectivity index (χ0v) is 11.6. The van der Waals surface area contributed by atoms with E-state index in [2.05, 4.69) is 9.97 Å². The summed E-state index contributed by atoms with van der Waals surface area (Å²) in [5.41, 5.74) is 8.35. The van der Waals surface area contributed by atoms with Crippen molar-refractivity contribution in [3.05, 3.63) is 41.6 Å². The van der Waals surface area contributed by atoms with Gasteiger partial charge in [-0.15, -0.1) is 0 Å². The number of rotatable bonds is 4. The normalized spacial score (nSPS) is 11.8. The number of hydrogen-bond acceptors (Lipinski definition) is 2. The molecule has 2 aromatic rings. The molecule has 19 heavy (non-hydrogen) atoms. The van der Waals surface area contributed by atoms with Crippen LogP contribution in [0.4, 0.5) is 4.39 Å². The average molecular weight is 261 g/mol. The molecule has 0 saturated heterocycles. The Morgan fingerprint density at radius 1 is 1.32 bits per heavy atom. The molecule has 0 aliphatic carbocycles. The highest BCUT2D eigenvalue weighted by Gasteiger charge is 2.27. The van der Waals surface area contributed by atoms with Gasteiger partial charge in [-0.2, -0.15) is 0 Å². The Morgan fingerprint density at radius 3 is 2.58 bits per heavy atom. The Morgan fingerprint density at radius 2 is 2.00 bits per heavy atom. The molecule has 3 N–H and O–H groups in total. The maximum atomic E-state index is 13.3. The number of aryl methyl sites for hydroxylation is 1. The lowest BCUT2D eigenvalue weighted by molar-refractivity contribution is 0.390. The summed E-state index contributed by atoms with van der Waals surface area (Å²) in [4.78, 5) is 7.83. The summed E-state index contributed by atoms with van der Waals surface area (Å²) in [6.45, 7) is 6.02. The Labute approximate surface area is 113 Å². The smallest absolute Gasteiger partial charge is 0.127 e. The van der Waals surface area contributed by atoms with Crippen molar-refractivity contribution in [3.63, 3.8) is 0 Å². The van der Waals surface area contributed by atoms with E-state index in [9.17, 15) is 4.39 Å². The molecule has 0 atom stereocenters. The van der Waals surface area contributed by atoms with E-state index in [4.69, 9.17) is 5.73 Å². The molecule has 0 fully saturated rings. The molecule has 0 radical (unpaired) electrons. The van der Waals surface area contributed by atoms with Crippen molar-refractivity contribution < 1.29 is 4.39 Å². The molecule has 1 heterocycles. The maximum Gasteiger partial charge on any atom is 0.127 e. The number of H-pyrrole nitrogens is 1. The van der Waals surface area contributed by atoms with Crippen molar-refractivity contribution in [3.8, 4) is 11.3 Å². The maximum absolute atomic E-state index is 13.3. The molecule has 1 aromatic heterocycles. The van der Waals surface area contributed by atoms with Gasteiger partial charge in [0.25, 0.3) is 0 Å². The van der Waals surface area contributed by atoms with Gasteiger partial charge in [0.1, 0.15) is 11.6 Å². The molecule has 0 spiro atoms. The number of benzene rings is 1. The fourth-order valence-corrected chi connectivity index (χ4v) is 2.20. The van der Waals surface area contributed by atoms with Gasteiger partial charge in [0.2, 0.25) is 0 Å². The molecule has 4 heteroatoms. The van der Waals surface area contributed by atoms with E-state index < -0.39 is 5.54 Å². The number of imidazole rings is 1. The number of aromatic nitrogens is 2. The summed E-state index contributed by atoms with van der Waals surface area (Å²) in [5.74, 6) is 0.515. The highest BCUT2D eigenvalue weighted by Crippen LogP contribution is 2.28. The van der Waals surface area contributed by atoms with Crippen molar-refractivity contribution in [2.45, 2.75) is 39.2 Å². The zero-order valence-electron chi connectivity index (χ0n) is 11.6. The number of nitrogens with two attached hydrogens (primary N) is 1. The minimum Gasteiger partial charge on any atom is -0.344 e. The molecular weight excluding hydrogens is 241 g/mol. The van der Waals surface area contributed by atoms with Gasteiger partial charge in [0.05, 0.1) is 11.2 Å². The fourth-order valence-electron chi connectivity index (χ4n) is 2.20. The summed E-state index contributed by atoms with van der Waals surface area (Å²) in [6, 6.07) is 6.46. The lowest BCUT2D eigenvalue weighted by atomic mass is 9.93. The van der Waals surface area contributed by atoms with Crippen molar-refractivity contribution in [2.24, 2.45) is 5.73 Å². The molecule has 2 rings (SSSR count). The third-order valence-corrected chi connectivity index (χ3v) is 3.72. The molecule has 0 aliphatic rings. The Kier molecular flexibility index (Phi) is 3.71. The number of nitrogens with one attached hydrogen (secondary N) is 1. The van der Waals surface area contributed by atoms with Gasteiger partial charge >= 0.3 is 0 Å². The zero-order chi connectivity index (χ0) is 14.0. The minimum atomic E-state index is -0.448. The topological polar surface area (TPSA) is 54.7 Å². The second kappa shape index (κ2) is 5.13. The van der Waals surface area contributed by atoms with Crippen LogP contribution in [0.25, 0.3) is 11.3 Å². The average Bonchev–Trinajstić information content (AvgIpc) is 2.80. The van der Waals surface area contributed by atoms with Crippen LogP contribution in [-0.2, 0) is 5.54 Å². The lowest BCUT2D eigenvalue weighted by Crippen LogP contribution is -2.36. The van der Waals surface area contributed by atoms with E-state index in [1.54, 1.807) is 6.07 Å². The van der Waals surface area contributed by atoms with Crippen LogP contribution in [0, 0.1) is 12.7 Å². The Hall–Kier alpha value is -1.68. The van der Waals surface area contributed by atoms with E-state index in [0.717, 1.165) is 35.6 Å². The quantitative estimate of drug-likeness (QED) is 0.885. The number of aromatic amines is 1. The van der Waals surface area contributed by atoms with E-state index in [-0.39, 0.29) is 5.82 Å². The van der Waals surface area contributed by atoms with E-state index in [1.165, 1.54) is 12.1 Å². The Bertz CT molecular complexity index is 571. The summed E-state index contributed by atoms with van der Waals surface area (Å²) >= 11 is 0. The van der Waals surface area contributed by atoms with Crippen molar-refractivity contribution >= 4 is 0 Å². The predicted molar refractivity (Wildman–Crippen MR) is 75.2 cm³/mol. The number of nitrogens with zero attached hydrogens (tertiary/aromatic N) is 1. The van der Waals surface area contributed by atoms with Crippen LogP contribution >= 0.6 is 0 Å². The van der Waals surface area contributed by atoms with Gasteiger partial charge in [-0.1, -0.05) is 26.0 Å². The van der Waals surface area contributed by atoms with Gasteiger partial charge in [0.15, 0.2) is 0 Å². The van der Waals surface area contributed by atoms with E-state index >= 15 is 0 Å². The Balaban J connectivity index is 2.47. The monoisotopic (exact) mass is 261 g/mol. The van der Waals surface area contributed by atoms with E-state index in [0.29, 0.717) is 0 Å². The summed E-state index contributed by atoms with van der Waals surface area (Å²) in [5, 5.41) is 0. The second-order valence-corrected chi connectivity index (χ2v) is 4.93. The standard InChI is InChI=1S/C15H20FN3/c1-4-15(17,5-2)14-18-10(3)13(19-14)11-7-6-8-12(16)9-11/h6-9H,4-5,17H2,1-3H3,(H,18,19). The van der Waals surface area contributed by atoms with E-state index in [1.807, 2.05) is 26.8 Å². The van der Waals surface area contributed by atoms with Gasteiger partial charge in [-0.05, 0) is 31.9 Å². The van der Waals surface area contributed by atoms with Crippen LogP contribution in [0.3, 0.4) is 0 Å². The molecule has 0 bridgehead atoms. The van der Waals surface area contributed by atoms with Gasteiger partial charge in [-0.3, -0.25) is 0 Å². The van der Waals surface area contributed by atoms with Crippen molar-refractivity contribution in [1.29, 1.82) is 0 Å². The molecule has 0 saturated carbocycles. The summed E-state index contributed by atoms with van der Waals surface area (Å²) < 4.78 is 13.3. The molecular formula is C15H20FN3. The first kappa shape index (κ1) is 13.7. The largest absolute Gasteiger partial charge is 0.344 e. The first-order valence-corrected chi connectivity index (χ1v) is 6.62. The van der Waals surface area contributed by atoms with Gasteiger partial charge in [-0.25, -0.2) is 9.37 Å². The summed E-state index contributed by atoms with van der Waals surface area (Å²) in [7, 11) is 0. The van der Waals surface area contributed by atoms with Crippen molar-refractivity contribution in [2.75, 3.05) is 0 Å². The second-order valence-electron chi connectivity index (χ2n) is 4.93. The lowest BCUT2D eigenvalue weighted by Gasteiger charge is -2.23. The minimum absolute atomic E-state index is 0.258. The number of halogens is 1. The molecule has 102 valence electrons. The molecule has 3 nitrogen and oxygen atoms in total. The molecule has 0 amide bonds. The van der Waals surface area contributed by atoms with Crippen LogP contribution in [0.1, 0.15) is 38.2 Å². The van der Waals surface area contributed by atoms with Crippen LogP contribution in [0.2, 0.25) is 0 Å². The van der Waals surface area contributed by atoms with Crippen LogP contribution in [-0.4, -0.2) is 9.97 Å². The summed E-state index contributed by atoms with van der Waals surface area (Å²) in [6.07, 6.45) is 1.61. The van der Waals surface area contributed by atoms with Gasteiger partial charge in [0, 0.05) is 11.3 Å². The highest BCUT2D eigenvalue weighted by molar-refractivity contribution is 5.62. The molecule has 1 aromatic carbocycles. The van der Waals surface area contributed by atoms with Crippen molar-refractivity contribution in [1.82, 2.24) is 9.97 Å². The third kappa shape index (κ3) is 2.54.